The molecule has 3 heteroatoms. The molecule has 3 atom stereocenters. The Bertz CT molecular complexity index is 577. The largest absolute Gasteiger partial charge is 0.457 e. The number of esters is 1. The van der Waals surface area contributed by atoms with E-state index in [4.69, 9.17) is 4.74 Å². The lowest BCUT2D eigenvalue weighted by atomic mass is 10.0. The summed E-state index contributed by atoms with van der Waals surface area (Å²) in [4.78, 5) is 24.5. The fourth-order valence-electron chi connectivity index (χ4n) is 3.73. The average Bonchev–Trinajstić information content (AvgIpc) is 2.95. The second-order valence-corrected chi connectivity index (χ2v) is 7.02. The SMILES string of the molecule is C=CCC1=C(C)[C@@H](OC(=O)[C@@H]2[C@@H](/C(C)=C/C)C2(C)C)CC1=O. The molecule has 2 aliphatic carbocycles. The molecule has 0 aromatic rings. The van der Waals surface area contributed by atoms with Gasteiger partial charge in [0.1, 0.15) is 6.10 Å². The van der Waals surface area contributed by atoms with Crippen LogP contribution in [-0.2, 0) is 14.3 Å². The van der Waals surface area contributed by atoms with E-state index < -0.39 is 6.10 Å². The molecule has 0 radical (unpaired) electrons. The van der Waals surface area contributed by atoms with Crippen LogP contribution in [0, 0.1) is 17.3 Å². The van der Waals surface area contributed by atoms with Crippen molar-refractivity contribution in [1.29, 1.82) is 0 Å². The van der Waals surface area contributed by atoms with Crippen LogP contribution >= 0.6 is 0 Å². The van der Waals surface area contributed by atoms with E-state index in [1.807, 2.05) is 13.8 Å². The van der Waals surface area contributed by atoms with E-state index in [2.05, 4.69) is 33.4 Å². The monoisotopic (exact) mass is 302 g/mol. The Kier molecular flexibility index (Phi) is 4.46. The van der Waals surface area contributed by atoms with E-state index >= 15 is 0 Å². The topological polar surface area (TPSA) is 43.4 Å². The quantitative estimate of drug-likeness (QED) is 0.569. The highest BCUT2D eigenvalue weighted by Crippen LogP contribution is 2.62. The van der Waals surface area contributed by atoms with Crippen LogP contribution in [0.1, 0.15) is 47.5 Å². The summed E-state index contributed by atoms with van der Waals surface area (Å²) in [7, 11) is 0. The van der Waals surface area contributed by atoms with Gasteiger partial charge in [-0.1, -0.05) is 31.6 Å². The lowest BCUT2D eigenvalue weighted by molar-refractivity contribution is -0.150. The van der Waals surface area contributed by atoms with E-state index in [0.717, 1.165) is 11.1 Å². The number of hydrogen-bond acceptors (Lipinski definition) is 3. The molecule has 0 aromatic heterocycles. The van der Waals surface area contributed by atoms with Gasteiger partial charge < -0.3 is 4.74 Å². The molecule has 0 spiro atoms. The Labute approximate surface area is 133 Å². The van der Waals surface area contributed by atoms with E-state index in [1.165, 1.54) is 5.57 Å². The maximum Gasteiger partial charge on any atom is 0.310 e. The highest BCUT2D eigenvalue weighted by Gasteiger charge is 2.63. The Morgan fingerprint density at radius 3 is 2.59 bits per heavy atom. The zero-order chi connectivity index (χ0) is 16.7. The summed E-state index contributed by atoms with van der Waals surface area (Å²) in [5.74, 6) is 0.0498. The Morgan fingerprint density at radius 1 is 1.41 bits per heavy atom. The molecule has 0 unspecified atom stereocenters. The smallest absolute Gasteiger partial charge is 0.310 e. The summed E-state index contributed by atoms with van der Waals surface area (Å²) in [6, 6.07) is 0. The first-order valence-corrected chi connectivity index (χ1v) is 7.92. The average molecular weight is 302 g/mol. The van der Waals surface area contributed by atoms with Gasteiger partial charge in [-0.25, -0.2) is 0 Å². The van der Waals surface area contributed by atoms with Crippen LogP contribution in [0.2, 0.25) is 0 Å². The molecule has 120 valence electrons. The van der Waals surface area contributed by atoms with Gasteiger partial charge in [0, 0.05) is 5.57 Å². The van der Waals surface area contributed by atoms with E-state index in [-0.39, 0.29) is 35.4 Å². The number of rotatable bonds is 5. The van der Waals surface area contributed by atoms with Crippen molar-refractivity contribution in [3.63, 3.8) is 0 Å². The summed E-state index contributed by atoms with van der Waals surface area (Å²) in [5.41, 5.74) is 2.81. The van der Waals surface area contributed by atoms with E-state index in [1.54, 1.807) is 6.08 Å². The van der Waals surface area contributed by atoms with Gasteiger partial charge in [0.05, 0.1) is 12.3 Å². The van der Waals surface area contributed by atoms with Crippen LogP contribution in [-0.4, -0.2) is 17.9 Å². The van der Waals surface area contributed by atoms with Gasteiger partial charge >= 0.3 is 5.97 Å². The first kappa shape index (κ1) is 16.7. The van der Waals surface area contributed by atoms with Crippen LogP contribution in [0.25, 0.3) is 0 Å². The molecular formula is C19H26O3. The van der Waals surface area contributed by atoms with Gasteiger partial charge in [0.2, 0.25) is 0 Å². The van der Waals surface area contributed by atoms with E-state index in [9.17, 15) is 9.59 Å². The third-order valence-corrected chi connectivity index (χ3v) is 5.30. The standard InChI is InChI=1S/C19H26O3/c1-7-9-13-12(4)15(10-14(13)20)22-18(21)17-16(11(3)8-2)19(17,5)6/h7-8,15-17H,1,9-10H2,2-6H3/b11-8+/t15-,16+,17-/m0/s1. The predicted octanol–water partition coefficient (Wildman–Crippen LogP) is 4.00. The fourth-order valence-corrected chi connectivity index (χ4v) is 3.73. The lowest BCUT2D eigenvalue weighted by Crippen LogP contribution is -2.20. The highest BCUT2D eigenvalue weighted by atomic mass is 16.5. The first-order valence-electron chi connectivity index (χ1n) is 7.92. The third kappa shape index (κ3) is 2.69. The Balaban J connectivity index is 2.08. The van der Waals surface area contributed by atoms with Crippen LogP contribution in [0.15, 0.2) is 35.5 Å². The van der Waals surface area contributed by atoms with Crippen molar-refractivity contribution in [3.8, 4) is 0 Å². The molecule has 3 nitrogen and oxygen atoms in total. The number of Topliss-reactive ketones (excluding diaryl/α,β-unsaturated/α-hetero) is 1. The molecule has 1 fully saturated rings. The van der Waals surface area contributed by atoms with Crippen LogP contribution < -0.4 is 0 Å². The number of ketones is 1. The van der Waals surface area contributed by atoms with Gasteiger partial charge in [-0.15, -0.1) is 6.58 Å². The van der Waals surface area contributed by atoms with Gasteiger partial charge in [0.15, 0.2) is 5.78 Å². The zero-order valence-electron chi connectivity index (χ0n) is 14.2. The zero-order valence-corrected chi connectivity index (χ0v) is 14.2. The maximum absolute atomic E-state index is 12.5. The van der Waals surface area contributed by atoms with Crippen molar-refractivity contribution in [1.82, 2.24) is 0 Å². The maximum atomic E-state index is 12.5. The Morgan fingerprint density at radius 2 is 2.05 bits per heavy atom. The molecule has 2 aliphatic rings. The number of allylic oxidation sites excluding steroid dienone is 4. The summed E-state index contributed by atoms with van der Waals surface area (Å²) in [6.45, 7) is 13.8. The van der Waals surface area contributed by atoms with Crippen molar-refractivity contribution < 1.29 is 14.3 Å². The lowest BCUT2D eigenvalue weighted by Gasteiger charge is -2.13. The number of carbonyl (C=O) groups is 2. The van der Waals surface area contributed by atoms with E-state index in [0.29, 0.717) is 6.42 Å². The minimum atomic E-state index is -0.391. The highest BCUT2D eigenvalue weighted by molar-refractivity contribution is 6.00. The van der Waals surface area contributed by atoms with Gasteiger partial charge in [0.25, 0.3) is 0 Å². The molecular weight excluding hydrogens is 276 g/mol. The third-order valence-electron chi connectivity index (χ3n) is 5.30. The first-order chi connectivity index (χ1) is 10.3. The molecule has 0 N–H and O–H groups in total. The van der Waals surface area contributed by atoms with Crippen molar-refractivity contribution >= 4 is 11.8 Å². The van der Waals surface area contributed by atoms with Crippen molar-refractivity contribution in [2.45, 2.75) is 53.6 Å². The molecule has 0 amide bonds. The molecule has 2 rings (SSSR count). The van der Waals surface area contributed by atoms with Gasteiger partial charge in [-0.3, -0.25) is 9.59 Å². The van der Waals surface area contributed by atoms with Crippen LogP contribution in [0.4, 0.5) is 0 Å². The van der Waals surface area contributed by atoms with Crippen LogP contribution in [0.3, 0.4) is 0 Å². The second kappa shape index (κ2) is 5.86. The summed E-state index contributed by atoms with van der Waals surface area (Å²) in [5, 5.41) is 0. The number of carbonyl (C=O) groups excluding carboxylic acids is 2. The van der Waals surface area contributed by atoms with Crippen molar-refractivity contribution in [2.24, 2.45) is 17.3 Å². The molecule has 0 bridgehead atoms. The predicted molar refractivity (Wildman–Crippen MR) is 87.2 cm³/mol. The van der Waals surface area contributed by atoms with Crippen molar-refractivity contribution in [2.75, 3.05) is 0 Å². The summed E-state index contributed by atoms with van der Waals surface area (Å²) in [6.07, 6.45) is 4.22. The minimum Gasteiger partial charge on any atom is -0.457 e. The number of ether oxygens (including phenoxy) is 1. The normalized spacial score (nSPS) is 30.5. The van der Waals surface area contributed by atoms with Crippen LogP contribution in [0.5, 0.6) is 0 Å². The fraction of sp³-hybridized carbons (Fsp3) is 0.579. The summed E-state index contributed by atoms with van der Waals surface area (Å²) >= 11 is 0. The molecule has 0 saturated heterocycles. The molecule has 1 saturated carbocycles. The minimum absolute atomic E-state index is 0.0577. The number of hydrogen-bond donors (Lipinski definition) is 0. The molecule has 0 aromatic carbocycles. The van der Waals surface area contributed by atoms with Gasteiger partial charge in [-0.05, 0) is 44.1 Å². The Hall–Kier alpha value is -1.64. The molecule has 0 heterocycles. The molecule has 0 aliphatic heterocycles. The van der Waals surface area contributed by atoms with Gasteiger partial charge in [-0.2, -0.15) is 0 Å². The van der Waals surface area contributed by atoms with Crippen molar-refractivity contribution in [3.05, 3.63) is 35.5 Å². The second-order valence-electron chi connectivity index (χ2n) is 7.02. The molecule has 22 heavy (non-hydrogen) atoms. The summed E-state index contributed by atoms with van der Waals surface area (Å²) < 4.78 is 5.68.